The number of rotatable bonds is 10. The second-order valence-electron chi connectivity index (χ2n) is 8.27. The number of nitrogens with one attached hydrogen (secondary N) is 1. The number of nitrogens with zero attached hydrogens (tertiary/aromatic N) is 1. The Labute approximate surface area is 236 Å². The highest BCUT2D eigenvalue weighted by atomic mass is 127. The fourth-order valence-corrected chi connectivity index (χ4v) is 4.77. The lowest BCUT2D eigenvalue weighted by Gasteiger charge is -2.16. The summed E-state index contributed by atoms with van der Waals surface area (Å²) in [4.78, 5) is 12.8. The number of carbonyl (C=O) groups is 1. The van der Waals surface area contributed by atoms with Gasteiger partial charge < -0.3 is 19.5 Å². The van der Waals surface area contributed by atoms with Gasteiger partial charge in [-0.3, -0.25) is 4.79 Å². The monoisotopic (exact) mass is 618 g/mol. The van der Waals surface area contributed by atoms with Crippen LogP contribution in [0.3, 0.4) is 0 Å². The number of hydrogen-bond acceptors (Lipinski definition) is 5. The molecule has 0 radical (unpaired) electrons. The molecule has 0 saturated heterocycles. The Morgan fingerprint density at radius 1 is 0.947 bits per heavy atom. The Morgan fingerprint density at radius 2 is 1.71 bits per heavy atom. The molecule has 6 nitrogen and oxygen atoms in total. The van der Waals surface area contributed by atoms with E-state index >= 15 is 0 Å². The van der Waals surface area contributed by atoms with Crippen molar-refractivity contribution in [1.29, 1.82) is 5.26 Å². The fraction of sp³-hybridized carbons (Fsp3) is 0.161. The van der Waals surface area contributed by atoms with Crippen LogP contribution >= 0.6 is 22.6 Å². The lowest BCUT2D eigenvalue weighted by molar-refractivity contribution is -0.112. The molecule has 7 heteroatoms. The van der Waals surface area contributed by atoms with Crippen LogP contribution < -0.4 is 19.5 Å². The number of benzene rings is 4. The van der Waals surface area contributed by atoms with E-state index in [1.807, 2.05) is 44.2 Å². The van der Waals surface area contributed by atoms with Gasteiger partial charge in [0.15, 0.2) is 11.5 Å². The lowest BCUT2D eigenvalue weighted by atomic mass is 10.1. The first kappa shape index (κ1) is 27.0. The van der Waals surface area contributed by atoms with Crippen LogP contribution in [0.4, 0.5) is 5.69 Å². The maximum absolute atomic E-state index is 12.8. The fourth-order valence-electron chi connectivity index (χ4n) is 3.99. The van der Waals surface area contributed by atoms with E-state index in [0.29, 0.717) is 48.3 Å². The van der Waals surface area contributed by atoms with Gasteiger partial charge in [0.05, 0.1) is 16.8 Å². The quantitative estimate of drug-likeness (QED) is 0.114. The van der Waals surface area contributed by atoms with Crippen LogP contribution in [0.2, 0.25) is 0 Å². The van der Waals surface area contributed by atoms with Crippen LogP contribution in [0.1, 0.15) is 25.0 Å². The van der Waals surface area contributed by atoms with Crippen molar-refractivity contribution in [2.24, 2.45) is 0 Å². The molecule has 0 saturated carbocycles. The van der Waals surface area contributed by atoms with E-state index in [1.54, 1.807) is 36.4 Å². The van der Waals surface area contributed by atoms with E-state index in [0.717, 1.165) is 19.9 Å². The number of anilines is 1. The minimum Gasteiger partial charge on any atom is -0.494 e. The molecule has 0 bridgehead atoms. The van der Waals surface area contributed by atoms with Gasteiger partial charge in [0.1, 0.15) is 24.0 Å². The van der Waals surface area contributed by atoms with E-state index in [1.165, 1.54) is 0 Å². The normalized spacial score (nSPS) is 11.1. The van der Waals surface area contributed by atoms with Crippen molar-refractivity contribution in [3.8, 4) is 23.3 Å². The minimum absolute atomic E-state index is 0.0329. The van der Waals surface area contributed by atoms with Crippen LogP contribution in [0.5, 0.6) is 17.2 Å². The van der Waals surface area contributed by atoms with Gasteiger partial charge in [-0.25, -0.2) is 0 Å². The van der Waals surface area contributed by atoms with Gasteiger partial charge in [-0.15, -0.1) is 0 Å². The summed E-state index contributed by atoms with van der Waals surface area (Å²) in [5.74, 6) is 1.30. The van der Waals surface area contributed by atoms with Crippen molar-refractivity contribution in [2.75, 3.05) is 18.5 Å². The van der Waals surface area contributed by atoms with Crippen molar-refractivity contribution in [2.45, 2.75) is 20.5 Å². The maximum atomic E-state index is 12.8. The van der Waals surface area contributed by atoms with Gasteiger partial charge in [-0.2, -0.15) is 5.26 Å². The third kappa shape index (κ3) is 6.64. The van der Waals surface area contributed by atoms with Gasteiger partial charge in [0.2, 0.25) is 0 Å². The summed E-state index contributed by atoms with van der Waals surface area (Å²) in [5.41, 5.74) is 2.24. The summed E-state index contributed by atoms with van der Waals surface area (Å²) >= 11 is 2.19. The van der Waals surface area contributed by atoms with E-state index in [9.17, 15) is 10.1 Å². The summed E-state index contributed by atoms with van der Waals surface area (Å²) in [6.07, 6.45) is 1.54. The molecule has 0 atom stereocenters. The Balaban J connectivity index is 1.57. The predicted molar refractivity (Wildman–Crippen MR) is 158 cm³/mol. The SMILES string of the molecule is CCOc1cccc(NC(=O)/C(C#N)=C/c2cc(I)c(OCc3cccc4ccccc34)c(OCC)c2)c1. The van der Waals surface area contributed by atoms with Crippen LogP contribution in [0.15, 0.2) is 84.4 Å². The average Bonchev–Trinajstić information content (AvgIpc) is 2.92. The zero-order valence-corrected chi connectivity index (χ0v) is 23.3. The van der Waals surface area contributed by atoms with Gasteiger partial charge in [-0.05, 0) is 88.7 Å². The van der Waals surface area contributed by atoms with Crippen molar-refractivity contribution >= 4 is 51.0 Å². The Kier molecular flexibility index (Phi) is 9.22. The molecule has 4 aromatic carbocycles. The smallest absolute Gasteiger partial charge is 0.266 e. The Hall–Kier alpha value is -4.03. The molecule has 1 amide bonds. The van der Waals surface area contributed by atoms with Gasteiger partial charge in [0.25, 0.3) is 5.91 Å². The van der Waals surface area contributed by atoms with Gasteiger partial charge >= 0.3 is 0 Å². The third-order valence-corrected chi connectivity index (χ3v) is 6.46. The molecule has 0 aliphatic heterocycles. The maximum Gasteiger partial charge on any atom is 0.266 e. The number of ether oxygens (including phenoxy) is 3. The number of amides is 1. The van der Waals surface area contributed by atoms with E-state index < -0.39 is 5.91 Å². The van der Waals surface area contributed by atoms with Crippen LogP contribution in [-0.4, -0.2) is 19.1 Å². The zero-order valence-electron chi connectivity index (χ0n) is 21.2. The standard InChI is InChI=1S/C31H27IN2O4/c1-3-36-26-13-8-12-25(18-26)34-31(35)24(19-33)15-21-16-28(32)30(29(17-21)37-4-2)38-20-23-11-7-10-22-9-5-6-14-27(22)23/h5-18H,3-4,20H2,1-2H3,(H,34,35)/b24-15+. The first-order valence-corrected chi connectivity index (χ1v) is 13.3. The number of halogens is 1. The van der Waals surface area contributed by atoms with E-state index in [4.69, 9.17) is 14.2 Å². The average molecular weight is 618 g/mol. The summed E-state index contributed by atoms with van der Waals surface area (Å²) < 4.78 is 18.4. The van der Waals surface area contributed by atoms with Crippen molar-refractivity contribution in [3.63, 3.8) is 0 Å². The van der Waals surface area contributed by atoms with Crippen LogP contribution in [0, 0.1) is 14.9 Å². The summed E-state index contributed by atoms with van der Waals surface area (Å²) in [7, 11) is 0. The van der Waals surface area contributed by atoms with Crippen molar-refractivity contribution < 1.29 is 19.0 Å². The van der Waals surface area contributed by atoms with Gasteiger partial charge in [-0.1, -0.05) is 48.5 Å². The molecule has 0 aromatic heterocycles. The number of nitriles is 1. The second kappa shape index (κ2) is 13.0. The van der Waals surface area contributed by atoms with Crippen LogP contribution in [0.25, 0.3) is 16.8 Å². The summed E-state index contributed by atoms with van der Waals surface area (Å²) in [6, 6.07) is 27.0. The first-order chi connectivity index (χ1) is 18.5. The highest BCUT2D eigenvalue weighted by molar-refractivity contribution is 14.1. The molecule has 0 fully saturated rings. The number of fused-ring (bicyclic) bond motifs is 1. The highest BCUT2D eigenvalue weighted by Crippen LogP contribution is 2.36. The predicted octanol–water partition coefficient (Wildman–Crippen LogP) is 7.37. The molecule has 0 aliphatic carbocycles. The van der Waals surface area contributed by atoms with Crippen LogP contribution in [-0.2, 0) is 11.4 Å². The summed E-state index contributed by atoms with van der Waals surface area (Å²) in [5, 5.41) is 14.8. The molecule has 0 aliphatic rings. The highest BCUT2D eigenvalue weighted by Gasteiger charge is 2.15. The second-order valence-corrected chi connectivity index (χ2v) is 9.44. The molecular weight excluding hydrogens is 591 g/mol. The topological polar surface area (TPSA) is 80.6 Å². The first-order valence-electron chi connectivity index (χ1n) is 12.2. The number of carbonyl (C=O) groups excluding carboxylic acids is 1. The summed E-state index contributed by atoms with van der Waals surface area (Å²) in [6.45, 7) is 5.12. The zero-order chi connectivity index (χ0) is 26.9. The van der Waals surface area contributed by atoms with Crippen molar-refractivity contribution in [1.82, 2.24) is 0 Å². The molecule has 0 heterocycles. The molecule has 1 N–H and O–H groups in total. The van der Waals surface area contributed by atoms with E-state index in [2.05, 4.69) is 52.2 Å². The molecule has 0 spiro atoms. The Bertz CT molecular complexity index is 1520. The largest absolute Gasteiger partial charge is 0.494 e. The molecule has 4 aromatic rings. The minimum atomic E-state index is -0.509. The molecule has 0 unspecified atom stereocenters. The van der Waals surface area contributed by atoms with Gasteiger partial charge in [0, 0.05) is 11.8 Å². The molecule has 4 rings (SSSR count). The Morgan fingerprint density at radius 3 is 2.50 bits per heavy atom. The number of hydrogen-bond donors (Lipinski definition) is 1. The third-order valence-electron chi connectivity index (χ3n) is 5.66. The van der Waals surface area contributed by atoms with E-state index in [-0.39, 0.29) is 5.57 Å². The lowest BCUT2D eigenvalue weighted by Crippen LogP contribution is -2.13. The van der Waals surface area contributed by atoms with Crippen molar-refractivity contribution in [3.05, 3.63) is 99.1 Å². The molecule has 38 heavy (non-hydrogen) atoms. The molecule has 192 valence electrons. The molecular formula is C31H27IN2O4.